The lowest BCUT2D eigenvalue weighted by Gasteiger charge is -2.16. The highest BCUT2D eigenvalue weighted by Gasteiger charge is 2.22. The third-order valence-electron chi connectivity index (χ3n) is 2.79. The summed E-state index contributed by atoms with van der Waals surface area (Å²) in [7, 11) is -3.02. The fourth-order valence-corrected chi connectivity index (χ4v) is 3.50. The van der Waals surface area contributed by atoms with Gasteiger partial charge in [0.1, 0.15) is 0 Å². The molecule has 0 saturated heterocycles. The Labute approximate surface area is 126 Å². The molecule has 0 unspecified atom stereocenters. The van der Waals surface area contributed by atoms with Gasteiger partial charge in [-0.05, 0) is 44.9 Å². The van der Waals surface area contributed by atoms with E-state index in [0.717, 1.165) is 5.56 Å². The topological polar surface area (TPSA) is 61.8 Å². The van der Waals surface area contributed by atoms with Crippen molar-refractivity contribution in [1.82, 2.24) is 0 Å². The molecule has 0 amide bonds. The molecule has 0 N–H and O–H groups in total. The summed E-state index contributed by atoms with van der Waals surface area (Å²) in [6, 6.07) is 7.07. The average Bonchev–Trinajstić information content (AvgIpc) is 2.46. The predicted molar refractivity (Wildman–Crippen MR) is 81.8 cm³/mol. The van der Waals surface area contributed by atoms with Crippen molar-refractivity contribution in [3.63, 3.8) is 0 Å². The van der Waals surface area contributed by atoms with Gasteiger partial charge < -0.3 is 13.8 Å². The molecule has 21 heavy (non-hydrogen) atoms. The first-order valence-electron chi connectivity index (χ1n) is 7.18. The van der Waals surface area contributed by atoms with Gasteiger partial charge in [-0.3, -0.25) is 4.57 Å². The number of aryl methyl sites for hydroxylation is 1. The van der Waals surface area contributed by atoms with Crippen LogP contribution in [0.5, 0.6) is 0 Å². The maximum Gasteiger partial charge on any atom is 0.338 e. The van der Waals surface area contributed by atoms with Gasteiger partial charge in [-0.2, -0.15) is 0 Å². The standard InChI is InChI=1S/C15H23O5P/c1-4-18-15(16)14-9-7-13(8-10-14)11-12-21(17,19-5-2)20-6-3/h7-10H,4-6,11-12H2,1-3H3. The van der Waals surface area contributed by atoms with E-state index in [9.17, 15) is 9.36 Å². The highest BCUT2D eigenvalue weighted by molar-refractivity contribution is 7.53. The Morgan fingerprint density at radius 3 is 2.05 bits per heavy atom. The monoisotopic (exact) mass is 314 g/mol. The smallest absolute Gasteiger partial charge is 0.338 e. The van der Waals surface area contributed by atoms with E-state index in [4.69, 9.17) is 13.8 Å². The van der Waals surface area contributed by atoms with Crippen LogP contribution in [-0.2, 0) is 24.8 Å². The maximum atomic E-state index is 12.3. The van der Waals surface area contributed by atoms with Gasteiger partial charge in [-0.25, -0.2) is 4.79 Å². The van der Waals surface area contributed by atoms with Crippen molar-refractivity contribution in [3.05, 3.63) is 35.4 Å². The molecule has 1 rings (SSSR count). The second kappa shape index (κ2) is 8.98. The van der Waals surface area contributed by atoms with E-state index < -0.39 is 7.60 Å². The molecule has 0 bridgehead atoms. The van der Waals surface area contributed by atoms with Crippen molar-refractivity contribution in [2.45, 2.75) is 27.2 Å². The van der Waals surface area contributed by atoms with Crippen molar-refractivity contribution >= 4 is 13.6 Å². The summed E-state index contributed by atoms with van der Waals surface area (Å²) in [4.78, 5) is 11.5. The van der Waals surface area contributed by atoms with Gasteiger partial charge >= 0.3 is 13.6 Å². The number of ether oxygens (including phenoxy) is 1. The SMILES string of the molecule is CCOC(=O)c1ccc(CCP(=O)(OCC)OCC)cc1. The number of esters is 1. The molecular formula is C15H23O5P. The molecule has 0 aromatic heterocycles. The van der Waals surface area contributed by atoms with Crippen LogP contribution < -0.4 is 0 Å². The zero-order chi connectivity index (χ0) is 15.7. The minimum Gasteiger partial charge on any atom is -0.462 e. The number of carbonyl (C=O) groups is 1. The second-order valence-electron chi connectivity index (χ2n) is 4.34. The summed E-state index contributed by atoms with van der Waals surface area (Å²) in [5, 5.41) is 0. The van der Waals surface area contributed by atoms with Crippen LogP contribution in [0.25, 0.3) is 0 Å². The molecule has 0 saturated carbocycles. The van der Waals surface area contributed by atoms with Crippen LogP contribution in [0.1, 0.15) is 36.7 Å². The third-order valence-corrected chi connectivity index (χ3v) is 4.87. The lowest BCUT2D eigenvalue weighted by atomic mass is 10.1. The van der Waals surface area contributed by atoms with Gasteiger partial charge in [-0.15, -0.1) is 0 Å². The number of benzene rings is 1. The first-order chi connectivity index (χ1) is 10.0. The number of rotatable bonds is 9. The van der Waals surface area contributed by atoms with Gasteiger partial charge in [0.25, 0.3) is 0 Å². The van der Waals surface area contributed by atoms with E-state index in [1.165, 1.54) is 0 Å². The zero-order valence-corrected chi connectivity index (χ0v) is 13.7. The minimum absolute atomic E-state index is 0.327. The lowest BCUT2D eigenvalue weighted by Crippen LogP contribution is -2.05. The van der Waals surface area contributed by atoms with E-state index in [2.05, 4.69) is 0 Å². The van der Waals surface area contributed by atoms with E-state index in [1.807, 2.05) is 12.1 Å². The van der Waals surface area contributed by atoms with Gasteiger partial charge in [0.15, 0.2) is 0 Å². The Morgan fingerprint density at radius 2 is 1.57 bits per heavy atom. The summed E-state index contributed by atoms with van der Waals surface area (Å²) >= 11 is 0. The highest BCUT2D eigenvalue weighted by atomic mass is 31.2. The Balaban J connectivity index is 2.63. The Bertz CT molecular complexity index is 473. The Hall–Kier alpha value is -1.16. The maximum absolute atomic E-state index is 12.3. The third kappa shape index (κ3) is 6.00. The molecule has 0 radical (unpaired) electrons. The van der Waals surface area contributed by atoms with Crippen molar-refractivity contribution in [1.29, 1.82) is 0 Å². The van der Waals surface area contributed by atoms with E-state index >= 15 is 0 Å². The molecule has 0 aliphatic heterocycles. The van der Waals surface area contributed by atoms with E-state index in [1.54, 1.807) is 32.9 Å². The largest absolute Gasteiger partial charge is 0.462 e. The summed E-state index contributed by atoms with van der Waals surface area (Å²) in [5.41, 5.74) is 1.49. The van der Waals surface area contributed by atoms with Gasteiger partial charge in [0.2, 0.25) is 0 Å². The first kappa shape index (κ1) is 17.9. The summed E-state index contributed by atoms with van der Waals surface area (Å²) < 4.78 is 27.7. The molecule has 6 heteroatoms. The fourth-order valence-electron chi connectivity index (χ4n) is 1.85. The Morgan fingerprint density at radius 1 is 1.00 bits per heavy atom. The summed E-state index contributed by atoms with van der Waals surface area (Å²) in [6.45, 7) is 6.43. The van der Waals surface area contributed by atoms with E-state index in [0.29, 0.717) is 38.0 Å². The van der Waals surface area contributed by atoms with Crippen LogP contribution in [-0.4, -0.2) is 32.0 Å². The molecule has 0 fully saturated rings. The Kier molecular flexibility index (Phi) is 7.65. The number of hydrogen-bond donors (Lipinski definition) is 0. The predicted octanol–water partition coefficient (Wildman–Crippen LogP) is 3.67. The van der Waals surface area contributed by atoms with E-state index in [-0.39, 0.29) is 5.97 Å². The molecule has 0 aliphatic carbocycles. The van der Waals surface area contributed by atoms with Crippen LogP contribution in [0.4, 0.5) is 0 Å². The summed E-state index contributed by atoms with van der Waals surface area (Å²) in [6.07, 6.45) is 0.897. The fraction of sp³-hybridized carbons (Fsp3) is 0.533. The molecule has 1 aromatic carbocycles. The van der Waals surface area contributed by atoms with Crippen molar-refractivity contribution in [2.24, 2.45) is 0 Å². The quantitative estimate of drug-likeness (QED) is 0.514. The second-order valence-corrected chi connectivity index (χ2v) is 6.52. The van der Waals surface area contributed by atoms with Crippen molar-refractivity contribution in [2.75, 3.05) is 26.0 Å². The molecule has 0 atom stereocenters. The zero-order valence-electron chi connectivity index (χ0n) is 12.8. The van der Waals surface area contributed by atoms with Crippen molar-refractivity contribution < 1.29 is 23.1 Å². The molecule has 118 valence electrons. The number of carbonyl (C=O) groups excluding carboxylic acids is 1. The van der Waals surface area contributed by atoms with Gasteiger partial charge in [0, 0.05) is 0 Å². The first-order valence-corrected chi connectivity index (χ1v) is 8.91. The molecule has 0 spiro atoms. The molecule has 1 aromatic rings. The normalized spacial score (nSPS) is 11.4. The van der Waals surface area contributed by atoms with Gasteiger partial charge in [-0.1, -0.05) is 12.1 Å². The molecule has 0 heterocycles. The van der Waals surface area contributed by atoms with Crippen LogP contribution in [0.15, 0.2) is 24.3 Å². The molecule has 0 aliphatic rings. The number of hydrogen-bond acceptors (Lipinski definition) is 5. The van der Waals surface area contributed by atoms with Crippen LogP contribution in [0.2, 0.25) is 0 Å². The highest BCUT2D eigenvalue weighted by Crippen LogP contribution is 2.48. The average molecular weight is 314 g/mol. The van der Waals surface area contributed by atoms with Crippen LogP contribution in [0, 0.1) is 0 Å². The summed E-state index contributed by atoms with van der Waals surface area (Å²) in [5.74, 6) is -0.335. The van der Waals surface area contributed by atoms with Crippen molar-refractivity contribution in [3.8, 4) is 0 Å². The lowest BCUT2D eigenvalue weighted by molar-refractivity contribution is 0.0526. The molecular weight excluding hydrogens is 291 g/mol. The van der Waals surface area contributed by atoms with Crippen LogP contribution in [0.3, 0.4) is 0 Å². The molecule has 5 nitrogen and oxygen atoms in total. The van der Waals surface area contributed by atoms with Crippen LogP contribution >= 0.6 is 7.60 Å². The minimum atomic E-state index is -3.02. The van der Waals surface area contributed by atoms with Gasteiger partial charge in [0.05, 0.1) is 31.5 Å².